The number of hydrogen-bond donors (Lipinski definition) is 2. The number of ether oxygens (including phenoxy) is 1. The third kappa shape index (κ3) is 3.34. The predicted molar refractivity (Wildman–Crippen MR) is 74.4 cm³/mol. The van der Waals surface area contributed by atoms with Gasteiger partial charge in [0.15, 0.2) is 0 Å². The first kappa shape index (κ1) is 13.1. The molecule has 0 unspecified atom stereocenters. The van der Waals surface area contributed by atoms with Crippen LogP contribution < -0.4 is 10.5 Å². The average Bonchev–Trinajstić information content (AvgIpc) is 2.86. The minimum Gasteiger partial charge on any atom is -0.487 e. The molecule has 0 fully saturated rings. The van der Waals surface area contributed by atoms with Gasteiger partial charge in [0.25, 0.3) is 0 Å². The molecule has 1 aromatic carbocycles. The van der Waals surface area contributed by atoms with Gasteiger partial charge in [0, 0.05) is 17.8 Å². The van der Waals surface area contributed by atoms with E-state index in [0.29, 0.717) is 18.2 Å². The quantitative estimate of drug-likeness (QED) is 0.638. The standard InChI is InChI=1S/C14H18N4O/c1-10(2)18-8-7-12(17-18)9-19-13-5-3-11(4-6-13)14(15)16/h3-8,10H,9H2,1-2H3,(H3,15,16). The minimum absolute atomic E-state index is 0.0576. The molecule has 0 aliphatic rings. The summed E-state index contributed by atoms with van der Waals surface area (Å²) in [5.41, 5.74) is 6.97. The highest BCUT2D eigenvalue weighted by Crippen LogP contribution is 2.14. The van der Waals surface area contributed by atoms with Crippen LogP contribution in [0, 0.1) is 5.41 Å². The second kappa shape index (κ2) is 5.56. The number of aromatic nitrogens is 2. The van der Waals surface area contributed by atoms with E-state index >= 15 is 0 Å². The van der Waals surface area contributed by atoms with Crippen molar-refractivity contribution >= 4 is 5.84 Å². The van der Waals surface area contributed by atoms with Gasteiger partial charge in [-0.3, -0.25) is 10.1 Å². The topological polar surface area (TPSA) is 76.9 Å². The Morgan fingerprint density at radius 1 is 1.32 bits per heavy atom. The van der Waals surface area contributed by atoms with Crippen molar-refractivity contribution in [3.8, 4) is 5.75 Å². The highest BCUT2D eigenvalue weighted by atomic mass is 16.5. The molecule has 1 heterocycles. The van der Waals surface area contributed by atoms with Crippen LogP contribution in [-0.2, 0) is 6.61 Å². The highest BCUT2D eigenvalue weighted by molar-refractivity contribution is 5.94. The first-order valence-electron chi connectivity index (χ1n) is 6.17. The highest BCUT2D eigenvalue weighted by Gasteiger charge is 2.03. The fourth-order valence-electron chi connectivity index (χ4n) is 1.63. The van der Waals surface area contributed by atoms with E-state index in [4.69, 9.17) is 15.9 Å². The molecule has 0 saturated carbocycles. The van der Waals surface area contributed by atoms with Crippen LogP contribution in [0.25, 0.3) is 0 Å². The molecule has 0 spiro atoms. The van der Waals surface area contributed by atoms with Crippen molar-refractivity contribution in [1.82, 2.24) is 9.78 Å². The molecular weight excluding hydrogens is 240 g/mol. The van der Waals surface area contributed by atoms with Gasteiger partial charge in [-0.15, -0.1) is 0 Å². The van der Waals surface area contributed by atoms with Crippen LogP contribution in [0.2, 0.25) is 0 Å². The van der Waals surface area contributed by atoms with Crippen molar-refractivity contribution < 1.29 is 4.74 Å². The number of nitrogens with two attached hydrogens (primary N) is 1. The van der Waals surface area contributed by atoms with Crippen molar-refractivity contribution in [3.05, 3.63) is 47.8 Å². The summed E-state index contributed by atoms with van der Waals surface area (Å²) in [5.74, 6) is 0.798. The Labute approximate surface area is 112 Å². The van der Waals surface area contributed by atoms with Crippen molar-refractivity contribution in [1.29, 1.82) is 5.41 Å². The molecule has 5 heteroatoms. The van der Waals surface area contributed by atoms with E-state index in [-0.39, 0.29) is 5.84 Å². The van der Waals surface area contributed by atoms with Gasteiger partial charge in [0.2, 0.25) is 0 Å². The van der Waals surface area contributed by atoms with Crippen LogP contribution in [0.15, 0.2) is 36.5 Å². The van der Waals surface area contributed by atoms with Crippen LogP contribution in [0.3, 0.4) is 0 Å². The van der Waals surface area contributed by atoms with Gasteiger partial charge in [-0.2, -0.15) is 5.10 Å². The van der Waals surface area contributed by atoms with Gasteiger partial charge >= 0.3 is 0 Å². The van der Waals surface area contributed by atoms with Crippen LogP contribution in [0.1, 0.15) is 31.1 Å². The second-order valence-corrected chi connectivity index (χ2v) is 4.61. The molecule has 2 rings (SSSR count). The monoisotopic (exact) mass is 258 g/mol. The zero-order valence-corrected chi connectivity index (χ0v) is 11.1. The van der Waals surface area contributed by atoms with Crippen LogP contribution in [0.4, 0.5) is 0 Å². The van der Waals surface area contributed by atoms with E-state index in [9.17, 15) is 0 Å². The summed E-state index contributed by atoms with van der Waals surface area (Å²) in [7, 11) is 0. The van der Waals surface area contributed by atoms with Crippen LogP contribution in [0.5, 0.6) is 5.75 Å². The Bertz CT molecular complexity index is 557. The van der Waals surface area contributed by atoms with E-state index in [1.54, 1.807) is 24.3 Å². The van der Waals surface area contributed by atoms with Gasteiger partial charge in [-0.1, -0.05) is 0 Å². The van der Waals surface area contributed by atoms with Crippen LogP contribution in [-0.4, -0.2) is 15.6 Å². The van der Waals surface area contributed by atoms with Gasteiger partial charge < -0.3 is 10.5 Å². The van der Waals surface area contributed by atoms with E-state index < -0.39 is 0 Å². The van der Waals surface area contributed by atoms with Crippen molar-refractivity contribution in [2.24, 2.45) is 5.73 Å². The van der Waals surface area contributed by atoms with Gasteiger partial charge in [0.05, 0.1) is 5.69 Å². The molecule has 100 valence electrons. The summed E-state index contributed by atoms with van der Waals surface area (Å²) in [6, 6.07) is 9.44. The Morgan fingerprint density at radius 3 is 2.53 bits per heavy atom. The lowest BCUT2D eigenvalue weighted by molar-refractivity contribution is 0.298. The summed E-state index contributed by atoms with van der Waals surface area (Å²) >= 11 is 0. The maximum absolute atomic E-state index is 7.31. The lowest BCUT2D eigenvalue weighted by Crippen LogP contribution is -2.10. The molecule has 0 saturated heterocycles. The number of hydrogen-bond acceptors (Lipinski definition) is 3. The number of nitrogen functional groups attached to an aromatic ring is 1. The minimum atomic E-state index is 0.0576. The second-order valence-electron chi connectivity index (χ2n) is 4.61. The summed E-state index contributed by atoms with van der Waals surface area (Å²) < 4.78 is 7.53. The smallest absolute Gasteiger partial charge is 0.132 e. The first-order valence-corrected chi connectivity index (χ1v) is 6.17. The fraction of sp³-hybridized carbons (Fsp3) is 0.286. The normalized spacial score (nSPS) is 10.7. The molecule has 2 aromatic rings. The van der Waals surface area contributed by atoms with E-state index in [1.807, 2.05) is 16.9 Å². The van der Waals surface area contributed by atoms with E-state index in [1.165, 1.54) is 0 Å². The molecule has 0 radical (unpaired) electrons. The third-order valence-electron chi connectivity index (χ3n) is 2.74. The maximum Gasteiger partial charge on any atom is 0.132 e. The molecule has 19 heavy (non-hydrogen) atoms. The molecule has 0 bridgehead atoms. The van der Waals surface area contributed by atoms with E-state index in [0.717, 1.165) is 11.4 Å². The number of nitrogens with one attached hydrogen (secondary N) is 1. The summed E-state index contributed by atoms with van der Waals surface area (Å²) in [5, 5.41) is 11.7. The molecule has 0 aliphatic carbocycles. The van der Waals surface area contributed by atoms with Crippen molar-refractivity contribution in [3.63, 3.8) is 0 Å². The van der Waals surface area contributed by atoms with Gasteiger partial charge in [-0.25, -0.2) is 0 Å². The van der Waals surface area contributed by atoms with E-state index in [2.05, 4.69) is 18.9 Å². The van der Waals surface area contributed by atoms with Gasteiger partial charge in [0.1, 0.15) is 18.2 Å². The third-order valence-corrected chi connectivity index (χ3v) is 2.74. The number of rotatable bonds is 5. The lowest BCUT2D eigenvalue weighted by atomic mass is 10.2. The van der Waals surface area contributed by atoms with Gasteiger partial charge in [-0.05, 0) is 44.2 Å². The molecule has 5 nitrogen and oxygen atoms in total. The summed E-state index contributed by atoms with van der Waals surface area (Å²) in [6.45, 7) is 4.59. The summed E-state index contributed by atoms with van der Waals surface area (Å²) in [4.78, 5) is 0. The molecule has 0 atom stereocenters. The first-order chi connectivity index (χ1) is 9.06. The zero-order chi connectivity index (χ0) is 13.8. The lowest BCUT2D eigenvalue weighted by Gasteiger charge is -2.06. The molecular formula is C14H18N4O. The SMILES string of the molecule is CC(C)n1ccc(COc2ccc(C(=N)N)cc2)n1. The van der Waals surface area contributed by atoms with Crippen molar-refractivity contribution in [2.45, 2.75) is 26.5 Å². The fourth-order valence-corrected chi connectivity index (χ4v) is 1.63. The maximum atomic E-state index is 7.31. The van der Waals surface area contributed by atoms with Crippen molar-refractivity contribution in [2.75, 3.05) is 0 Å². The Balaban J connectivity index is 1.96. The summed E-state index contributed by atoms with van der Waals surface area (Å²) in [6.07, 6.45) is 1.95. The van der Waals surface area contributed by atoms with Crippen LogP contribution >= 0.6 is 0 Å². The predicted octanol–water partition coefficient (Wildman–Crippen LogP) is 2.33. The zero-order valence-electron chi connectivity index (χ0n) is 11.1. The molecule has 0 amide bonds. The molecule has 0 aliphatic heterocycles. The number of nitrogens with zero attached hydrogens (tertiary/aromatic N) is 2. The Morgan fingerprint density at radius 2 is 2.00 bits per heavy atom. The number of benzene rings is 1. The Hall–Kier alpha value is -2.30. The molecule has 3 N–H and O–H groups in total. The molecule has 1 aromatic heterocycles. The average molecular weight is 258 g/mol. The number of amidine groups is 1. The largest absolute Gasteiger partial charge is 0.487 e. The Kier molecular flexibility index (Phi) is 3.85.